The zero-order chi connectivity index (χ0) is 17.1. The van der Waals surface area contributed by atoms with E-state index in [-0.39, 0.29) is 6.79 Å². The standard InChI is InChI=1S/C17H22ClN3O3/c1-4-21(9-16-19-17(24-20-16)5-11(2)3)8-12-6-14-15(7-13(12)18)23-10-22-14/h6-7,11H,4-5,8-10H2,1-3H3. The van der Waals surface area contributed by atoms with E-state index in [2.05, 4.69) is 35.8 Å². The highest BCUT2D eigenvalue weighted by atomic mass is 35.5. The van der Waals surface area contributed by atoms with Gasteiger partial charge in [-0.25, -0.2) is 0 Å². The van der Waals surface area contributed by atoms with Crippen molar-refractivity contribution in [3.8, 4) is 11.5 Å². The first-order chi connectivity index (χ1) is 11.5. The molecule has 0 fully saturated rings. The van der Waals surface area contributed by atoms with Crippen LogP contribution in [-0.4, -0.2) is 28.4 Å². The smallest absolute Gasteiger partial charge is 0.231 e. The molecule has 0 saturated heterocycles. The van der Waals surface area contributed by atoms with Gasteiger partial charge in [0.2, 0.25) is 12.7 Å². The van der Waals surface area contributed by atoms with Crippen LogP contribution in [0.2, 0.25) is 5.02 Å². The molecule has 0 N–H and O–H groups in total. The van der Waals surface area contributed by atoms with Crippen LogP contribution in [-0.2, 0) is 19.5 Å². The summed E-state index contributed by atoms with van der Waals surface area (Å²) in [6, 6.07) is 3.75. The Morgan fingerprint density at radius 2 is 1.96 bits per heavy atom. The Bertz CT molecular complexity index is 702. The number of hydrogen-bond acceptors (Lipinski definition) is 6. The van der Waals surface area contributed by atoms with Crippen LogP contribution in [0.15, 0.2) is 16.7 Å². The third kappa shape index (κ3) is 3.99. The highest BCUT2D eigenvalue weighted by molar-refractivity contribution is 6.31. The van der Waals surface area contributed by atoms with E-state index in [0.29, 0.717) is 41.5 Å². The van der Waals surface area contributed by atoms with Gasteiger partial charge in [-0.1, -0.05) is 37.5 Å². The second-order valence-electron chi connectivity index (χ2n) is 6.30. The molecule has 1 aliphatic heterocycles. The Balaban J connectivity index is 1.68. The molecule has 3 rings (SSSR count). The predicted molar refractivity (Wildman–Crippen MR) is 90.2 cm³/mol. The Labute approximate surface area is 146 Å². The minimum absolute atomic E-state index is 0.244. The minimum Gasteiger partial charge on any atom is -0.454 e. The minimum atomic E-state index is 0.244. The van der Waals surface area contributed by atoms with E-state index in [0.717, 1.165) is 24.3 Å². The summed E-state index contributed by atoms with van der Waals surface area (Å²) < 4.78 is 16.1. The highest BCUT2D eigenvalue weighted by Gasteiger charge is 2.18. The van der Waals surface area contributed by atoms with Gasteiger partial charge in [0.05, 0.1) is 6.54 Å². The zero-order valence-electron chi connectivity index (χ0n) is 14.2. The van der Waals surface area contributed by atoms with E-state index in [4.69, 9.17) is 25.6 Å². The van der Waals surface area contributed by atoms with Crippen molar-refractivity contribution in [2.75, 3.05) is 13.3 Å². The number of fused-ring (bicyclic) bond motifs is 1. The fraction of sp³-hybridized carbons (Fsp3) is 0.529. The Morgan fingerprint density at radius 1 is 1.21 bits per heavy atom. The quantitative estimate of drug-likeness (QED) is 0.758. The number of nitrogens with zero attached hydrogens (tertiary/aromatic N) is 3. The lowest BCUT2D eigenvalue weighted by atomic mass is 10.1. The lowest BCUT2D eigenvalue weighted by Crippen LogP contribution is -2.23. The Hall–Kier alpha value is -1.79. The van der Waals surface area contributed by atoms with Crippen LogP contribution < -0.4 is 9.47 Å². The molecular formula is C17H22ClN3O3. The van der Waals surface area contributed by atoms with Gasteiger partial charge in [0.1, 0.15) is 0 Å². The fourth-order valence-corrected chi connectivity index (χ4v) is 2.80. The maximum atomic E-state index is 6.36. The van der Waals surface area contributed by atoms with Crippen LogP contribution in [0.4, 0.5) is 0 Å². The van der Waals surface area contributed by atoms with Crippen molar-refractivity contribution in [3.63, 3.8) is 0 Å². The van der Waals surface area contributed by atoms with Gasteiger partial charge in [-0.05, 0) is 24.1 Å². The second kappa shape index (κ2) is 7.40. The topological polar surface area (TPSA) is 60.6 Å². The fourth-order valence-electron chi connectivity index (χ4n) is 2.59. The molecule has 0 aliphatic carbocycles. The van der Waals surface area contributed by atoms with Gasteiger partial charge in [-0.15, -0.1) is 0 Å². The summed E-state index contributed by atoms with van der Waals surface area (Å²) in [7, 11) is 0. The third-order valence-electron chi connectivity index (χ3n) is 3.84. The number of ether oxygens (including phenoxy) is 2. The molecule has 0 atom stereocenters. The van der Waals surface area contributed by atoms with Gasteiger partial charge in [-0.2, -0.15) is 4.98 Å². The summed E-state index contributed by atoms with van der Waals surface area (Å²) in [5.41, 5.74) is 0.994. The average molecular weight is 352 g/mol. The van der Waals surface area contributed by atoms with Crippen LogP contribution in [0.25, 0.3) is 0 Å². The molecule has 0 amide bonds. The lowest BCUT2D eigenvalue weighted by molar-refractivity contribution is 0.174. The van der Waals surface area contributed by atoms with Gasteiger partial charge in [0.15, 0.2) is 17.3 Å². The van der Waals surface area contributed by atoms with Crippen molar-refractivity contribution in [1.82, 2.24) is 15.0 Å². The van der Waals surface area contributed by atoms with Crippen molar-refractivity contribution < 1.29 is 14.0 Å². The number of halogens is 1. The monoisotopic (exact) mass is 351 g/mol. The molecule has 130 valence electrons. The molecule has 1 aromatic heterocycles. The Morgan fingerprint density at radius 3 is 2.67 bits per heavy atom. The summed E-state index contributed by atoms with van der Waals surface area (Å²) in [6.07, 6.45) is 0.799. The maximum Gasteiger partial charge on any atom is 0.231 e. The first kappa shape index (κ1) is 17.0. The molecule has 0 saturated carbocycles. The number of benzene rings is 1. The first-order valence-corrected chi connectivity index (χ1v) is 8.54. The van der Waals surface area contributed by atoms with Crippen molar-refractivity contribution in [2.24, 2.45) is 5.92 Å². The summed E-state index contributed by atoms with van der Waals surface area (Å²) >= 11 is 6.36. The summed E-state index contributed by atoms with van der Waals surface area (Å²) in [6.45, 7) is 8.74. The van der Waals surface area contributed by atoms with Crippen LogP contribution in [0.3, 0.4) is 0 Å². The lowest BCUT2D eigenvalue weighted by Gasteiger charge is -2.19. The molecule has 0 bridgehead atoms. The van der Waals surface area contributed by atoms with Crippen molar-refractivity contribution >= 4 is 11.6 Å². The van der Waals surface area contributed by atoms with Gasteiger partial charge in [0.25, 0.3) is 0 Å². The molecule has 2 aromatic rings. The van der Waals surface area contributed by atoms with Gasteiger partial charge < -0.3 is 14.0 Å². The molecule has 1 aliphatic rings. The molecule has 0 radical (unpaired) electrons. The van der Waals surface area contributed by atoms with Crippen LogP contribution >= 0.6 is 11.6 Å². The third-order valence-corrected chi connectivity index (χ3v) is 4.19. The van der Waals surface area contributed by atoms with Crippen LogP contribution in [0.1, 0.15) is 38.0 Å². The SMILES string of the molecule is CCN(Cc1noc(CC(C)C)n1)Cc1cc2c(cc1Cl)OCO2. The normalized spacial score (nSPS) is 13.2. The number of rotatable bonds is 7. The maximum absolute atomic E-state index is 6.36. The van der Waals surface area contributed by atoms with E-state index in [1.807, 2.05) is 12.1 Å². The molecule has 0 unspecified atom stereocenters. The molecule has 6 nitrogen and oxygen atoms in total. The van der Waals surface area contributed by atoms with E-state index in [1.54, 1.807) is 0 Å². The van der Waals surface area contributed by atoms with E-state index in [9.17, 15) is 0 Å². The van der Waals surface area contributed by atoms with Crippen molar-refractivity contribution in [2.45, 2.75) is 40.3 Å². The molecule has 0 spiro atoms. The Kier molecular flexibility index (Phi) is 5.26. The summed E-state index contributed by atoms with van der Waals surface area (Å²) in [5, 5.41) is 4.75. The summed E-state index contributed by atoms with van der Waals surface area (Å²) in [4.78, 5) is 6.66. The molecule has 2 heterocycles. The predicted octanol–water partition coefficient (Wildman–Crippen LogP) is 3.67. The van der Waals surface area contributed by atoms with Crippen molar-refractivity contribution in [1.29, 1.82) is 0 Å². The molecule has 24 heavy (non-hydrogen) atoms. The van der Waals surface area contributed by atoms with Crippen LogP contribution in [0, 0.1) is 5.92 Å². The second-order valence-corrected chi connectivity index (χ2v) is 6.71. The van der Waals surface area contributed by atoms with Gasteiger partial charge in [0, 0.05) is 24.1 Å². The van der Waals surface area contributed by atoms with E-state index < -0.39 is 0 Å². The van der Waals surface area contributed by atoms with Gasteiger partial charge in [-0.3, -0.25) is 4.90 Å². The molecule has 7 heteroatoms. The summed E-state index contributed by atoms with van der Waals surface area (Å²) in [5.74, 6) is 3.32. The largest absolute Gasteiger partial charge is 0.454 e. The molecule has 1 aromatic carbocycles. The molecular weight excluding hydrogens is 330 g/mol. The van der Waals surface area contributed by atoms with Gasteiger partial charge >= 0.3 is 0 Å². The highest BCUT2D eigenvalue weighted by Crippen LogP contribution is 2.37. The van der Waals surface area contributed by atoms with E-state index in [1.165, 1.54) is 0 Å². The number of aromatic nitrogens is 2. The van der Waals surface area contributed by atoms with Crippen LogP contribution in [0.5, 0.6) is 11.5 Å². The first-order valence-electron chi connectivity index (χ1n) is 8.17. The van der Waals surface area contributed by atoms with E-state index >= 15 is 0 Å². The zero-order valence-corrected chi connectivity index (χ0v) is 15.0. The van der Waals surface area contributed by atoms with Crippen molar-refractivity contribution in [3.05, 3.63) is 34.4 Å². The average Bonchev–Trinajstić information content (AvgIpc) is 3.15. The number of hydrogen-bond donors (Lipinski definition) is 0.